The van der Waals surface area contributed by atoms with Crippen LogP contribution < -0.4 is 10.6 Å². The normalized spacial score (nSPS) is 16.5. The van der Waals surface area contributed by atoms with Crippen molar-refractivity contribution < 1.29 is 0 Å². The minimum Gasteiger partial charge on any atom is -0.356 e. The van der Waals surface area contributed by atoms with E-state index in [-0.39, 0.29) is 24.0 Å². The quantitative estimate of drug-likeness (QED) is 0.437. The van der Waals surface area contributed by atoms with Crippen LogP contribution in [0, 0.1) is 5.41 Å². The first-order chi connectivity index (χ1) is 10.8. The predicted octanol–water partition coefficient (Wildman–Crippen LogP) is 2.59. The lowest BCUT2D eigenvalue weighted by Crippen LogP contribution is -2.46. The summed E-state index contributed by atoms with van der Waals surface area (Å²) in [6, 6.07) is 5.89. The maximum Gasteiger partial charge on any atom is 0.191 e. The number of rotatable bonds is 5. The number of aliphatic imine (C=N–C) groups is 1. The van der Waals surface area contributed by atoms with Crippen molar-refractivity contribution in [2.75, 3.05) is 13.6 Å². The van der Waals surface area contributed by atoms with Crippen LogP contribution in [0.4, 0.5) is 0 Å². The number of fused-ring (bicyclic) bond motifs is 1. The van der Waals surface area contributed by atoms with Crippen molar-refractivity contribution in [2.24, 2.45) is 10.4 Å². The lowest BCUT2D eigenvalue weighted by Gasteiger charge is -2.41. The Morgan fingerprint density at radius 2 is 2.13 bits per heavy atom. The summed E-state index contributed by atoms with van der Waals surface area (Å²) in [6.45, 7) is 3.87. The van der Waals surface area contributed by atoms with Crippen molar-refractivity contribution >= 4 is 35.6 Å². The summed E-state index contributed by atoms with van der Waals surface area (Å²) in [5.41, 5.74) is 1.33. The molecule has 126 valence electrons. The van der Waals surface area contributed by atoms with Gasteiger partial charge in [-0.2, -0.15) is 0 Å². The number of hydrogen-bond acceptors (Lipinski definition) is 3. The summed E-state index contributed by atoms with van der Waals surface area (Å²) in [5, 5.41) is 15.2. The van der Waals surface area contributed by atoms with Crippen LogP contribution in [0.2, 0.25) is 0 Å². The maximum absolute atomic E-state index is 4.30. The van der Waals surface area contributed by atoms with Gasteiger partial charge in [-0.3, -0.25) is 9.39 Å². The first-order valence-corrected chi connectivity index (χ1v) is 7.99. The Labute approximate surface area is 154 Å². The fraction of sp³-hybridized carbons (Fsp3) is 0.562. The predicted molar refractivity (Wildman–Crippen MR) is 103 cm³/mol. The fourth-order valence-corrected chi connectivity index (χ4v) is 3.00. The van der Waals surface area contributed by atoms with Gasteiger partial charge in [0.15, 0.2) is 17.4 Å². The number of guanidine groups is 1. The van der Waals surface area contributed by atoms with Gasteiger partial charge in [0.25, 0.3) is 0 Å². The summed E-state index contributed by atoms with van der Waals surface area (Å²) in [6.07, 6.45) is 7.20. The molecule has 0 spiro atoms. The molecular weight excluding hydrogens is 403 g/mol. The third kappa shape index (κ3) is 3.94. The summed E-state index contributed by atoms with van der Waals surface area (Å²) in [5.74, 6) is 1.71. The van der Waals surface area contributed by atoms with E-state index in [1.807, 2.05) is 28.8 Å². The number of hydrogen-bond donors (Lipinski definition) is 2. The summed E-state index contributed by atoms with van der Waals surface area (Å²) >= 11 is 0. The van der Waals surface area contributed by atoms with E-state index >= 15 is 0 Å². The Balaban J connectivity index is 0.00000192. The molecule has 3 rings (SSSR count). The topological polar surface area (TPSA) is 66.6 Å². The molecule has 0 radical (unpaired) electrons. The molecule has 23 heavy (non-hydrogen) atoms. The third-order valence-electron chi connectivity index (χ3n) is 4.82. The number of pyridine rings is 1. The van der Waals surface area contributed by atoms with Gasteiger partial charge in [-0.05, 0) is 36.8 Å². The molecule has 7 heteroatoms. The van der Waals surface area contributed by atoms with Crippen molar-refractivity contribution in [2.45, 2.75) is 39.2 Å². The van der Waals surface area contributed by atoms with Gasteiger partial charge in [0.1, 0.15) is 0 Å². The van der Waals surface area contributed by atoms with E-state index in [0.717, 1.165) is 24.0 Å². The van der Waals surface area contributed by atoms with Crippen LogP contribution in [0.25, 0.3) is 5.65 Å². The molecule has 1 fully saturated rings. The molecule has 1 aliphatic carbocycles. The zero-order chi connectivity index (χ0) is 15.4. The average Bonchev–Trinajstić information content (AvgIpc) is 2.93. The molecule has 0 saturated heterocycles. The summed E-state index contributed by atoms with van der Waals surface area (Å²) in [4.78, 5) is 4.30. The monoisotopic (exact) mass is 428 g/mol. The van der Waals surface area contributed by atoms with Crippen LogP contribution in [-0.2, 0) is 6.54 Å². The molecule has 2 heterocycles. The van der Waals surface area contributed by atoms with Gasteiger partial charge in [-0.15, -0.1) is 34.2 Å². The first kappa shape index (κ1) is 18.0. The lowest BCUT2D eigenvalue weighted by atomic mass is 9.67. The Bertz CT molecular complexity index is 656. The van der Waals surface area contributed by atoms with Gasteiger partial charge in [0, 0.05) is 19.8 Å². The highest BCUT2D eigenvalue weighted by Crippen LogP contribution is 2.42. The second-order valence-corrected chi connectivity index (χ2v) is 6.03. The molecule has 0 atom stereocenters. The molecule has 1 saturated carbocycles. The molecule has 0 unspecified atom stereocenters. The summed E-state index contributed by atoms with van der Waals surface area (Å²) < 4.78 is 1.99. The Morgan fingerprint density at radius 3 is 2.78 bits per heavy atom. The fourth-order valence-electron chi connectivity index (χ4n) is 3.00. The zero-order valence-electron chi connectivity index (χ0n) is 13.7. The van der Waals surface area contributed by atoms with Crippen molar-refractivity contribution in [3.05, 3.63) is 30.2 Å². The largest absolute Gasteiger partial charge is 0.356 e. The number of nitrogens with one attached hydrogen (secondary N) is 2. The van der Waals surface area contributed by atoms with Gasteiger partial charge in [-0.1, -0.05) is 19.4 Å². The highest BCUT2D eigenvalue weighted by Gasteiger charge is 2.34. The zero-order valence-corrected chi connectivity index (χ0v) is 16.1. The summed E-state index contributed by atoms with van der Waals surface area (Å²) in [7, 11) is 1.80. The SMILES string of the molecule is CCC1(CNC(=NC)NCc2nnc3ccccn23)CCC1.I. The van der Waals surface area contributed by atoms with E-state index in [1.165, 1.54) is 25.7 Å². The van der Waals surface area contributed by atoms with Crippen LogP contribution in [-0.4, -0.2) is 34.2 Å². The molecule has 0 amide bonds. The molecule has 6 nitrogen and oxygen atoms in total. The Morgan fingerprint density at radius 1 is 1.30 bits per heavy atom. The molecule has 2 aromatic heterocycles. The standard InChI is InChI=1S/C16H24N6.HI/c1-3-16(8-6-9-16)12-19-15(17-2)18-11-14-21-20-13-7-4-5-10-22(13)14;/h4-5,7,10H,3,6,8-9,11-12H2,1-2H3,(H2,17,18,19);1H. The Hall–Kier alpha value is -1.38. The number of nitrogens with zero attached hydrogens (tertiary/aromatic N) is 4. The average molecular weight is 428 g/mol. The molecule has 0 bridgehead atoms. The van der Waals surface area contributed by atoms with Gasteiger partial charge < -0.3 is 10.6 Å². The van der Waals surface area contributed by atoms with E-state index in [1.54, 1.807) is 7.05 Å². The van der Waals surface area contributed by atoms with E-state index in [0.29, 0.717) is 12.0 Å². The molecule has 1 aliphatic rings. The van der Waals surface area contributed by atoms with Gasteiger partial charge >= 0.3 is 0 Å². The Kier molecular flexibility index (Phi) is 6.20. The third-order valence-corrected chi connectivity index (χ3v) is 4.82. The van der Waals surface area contributed by atoms with Crippen molar-refractivity contribution in [3.8, 4) is 0 Å². The lowest BCUT2D eigenvalue weighted by molar-refractivity contribution is 0.131. The van der Waals surface area contributed by atoms with Crippen molar-refractivity contribution in [3.63, 3.8) is 0 Å². The molecule has 2 aromatic rings. The second-order valence-electron chi connectivity index (χ2n) is 6.03. The van der Waals surface area contributed by atoms with E-state index < -0.39 is 0 Å². The highest BCUT2D eigenvalue weighted by atomic mass is 127. The van der Waals surface area contributed by atoms with Crippen LogP contribution in [0.15, 0.2) is 29.4 Å². The minimum atomic E-state index is 0. The van der Waals surface area contributed by atoms with Crippen LogP contribution in [0.5, 0.6) is 0 Å². The minimum absolute atomic E-state index is 0. The van der Waals surface area contributed by atoms with E-state index in [4.69, 9.17) is 0 Å². The van der Waals surface area contributed by atoms with Crippen LogP contribution in [0.1, 0.15) is 38.4 Å². The van der Waals surface area contributed by atoms with Crippen molar-refractivity contribution in [1.82, 2.24) is 25.2 Å². The first-order valence-electron chi connectivity index (χ1n) is 7.99. The maximum atomic E-state index is 4.30. The van der Waals surface area contributed by atoms with Gasteiger partial charge in [0.2, 0.25) is 0 Å². The second kappa shape index (κ2) is 7.94. The number of aromatic nitrogens is 3. The van der Waals surface area contributed by atoms with Crippen molar-refractivity contribution in [1.29, 1.82) is 0 Å². The van der Waals surface area contributed by atoms with Crippen LogP contribution in [0.3, 0.4) is 0 Å². The molecule has 0 aliphatic heterocycles. The molecule has 2 N–H and O–H groups in total. The van der Waals surface area contributed by atoms with E-state index in [2.05, 4.69) is 32.7 Å². The van der Waals surface area contributed by atoms with Gasteiger partial charge in [0.05, 0.1) is 6.54 Å². The highest BCUT2D eigenvalue weighted by molar-refractivity contribution is 14.0. The van der Waals surface area contributed by atoms with Crippen LogP contribution >= 0.6 is 24.0 Å². The molecule has 0 aromatic carbocycles. The molecular formula is C16H25IN6. The van der Waals surface area contributed by atoms with E-state index in [9.17, 15) is 0 Å². The number of halogens is 1. The van der Waals surface area contributed by atoms with Gasteiger partial charge in [-0.25, -0.2) is 0 Å². The smallest absolute Gasteiger partial charge is 0.191 e.